The van der Waals surface area contributed by atoms with Crippen LogP contribution in [0.3, 0.4) is 0 Å². The summed E-state index contributed by atoms with van der Waals surface area (Å²) < 4.78 is 5.74. The van der Waals surface area contributed by atoms with Crippen LogP contribution in [0.15, 0.2) is 11.4 Å². The monoisotopic (exact) mass is 194 g/mol. The third-order valence-corrected chi connectivity index (χ3v) is 3.98. The molecule has 3 rings (SSSR count). The maximum Gasteiger partial charge on any atom is 0.130 e. The summed E-state index contributed by atoms with van der Waals surface area (Å²) in [4.78, 5) is 12.0. The highest BCUT2D eigenvalue weighted by Gasteiger charge is 2.51. The van der Waals surface area contributed by atoms with Crippen molar-refractivity contribution in [3.63, 3.8) is 0 Å². The zero-order valence-corrected chi connectivity index (χ0v) is 7.97. The molecule has 0 aromatic carbocycles. The average molecular weight is 194 g/mol. The van der Waals surface area contributed by atoms with E-state index in [9.17, 15) is 4.79 Å². The van der Waals surface area contributed by atoms with Gasteiger partial charge in [-0.25, -0.2) is 0 Å². The van der Waals surface area contributed by atoms with E-state index in [1.807, 2.05) is 0 Å². The molecule has 0 bridgehead atoms. The summed E-state index contributed by atoms with van der Waals surface area (Å²) in [5.41, 5.74) is 1.30. The third-order valence-electron chi connectivity index (χ3n) is 2.93. The van der Waals surface area contributed by atoms with Crippen LogP contribution in [0, 0.1) is 0 Å². The van der Waals surface area contributed by atoms with E-state index in [0.717, 1.165) is 19.1 Å². The van der Waals surface area contributed by atoms with Crippen LogP contribution in [0.4, 0.5) is 0 Å². The fourth-order valence-corrected chi connectivity index (χ4v) is 3.05. The van der Waals surface area contributed by atoms with Crippen molar-refractivity contribution in [3.8, 4) is 0 Å². The molecule has 0 saturated heterocycles. The maximum absolute atomic E-state index is 10.8. The van der Waals surface area contributed by atoms with Crippen LogP contribution >= 0.6 is 11.3 Å². The van der Waals surface area contributed by atoms with Crippen molar-refractivity contribution in [1.29, 1.82) is 0 Å². The first-order valence-corrected chi connectivity index (χ1v) is 5.41. The Hall–Kier alpha value is -0.670. The molecular weight excluding hydrogens is 184 g/mol. The van der Waals surface area contributed by atoms with Crippen molar-refractivity contribution in [3.05, 3.63) is 21.9 Å². The van der Waals surface area contributed by atoms with E-state index in [0.29, 0.717) is 6.61 Å². The molecule has 1 aliphatic carbocycles. The molecule has 2 heterocycles. The van der Waals surface area contributed by atoms with Gasteiger partial charge >= 0.3 is 0 Å². The molecule has 13 heavy (non-hydrogen) atoms. The van der Waals surface area contributed by atoms with Gasteiger partial charge in [0.25, 0.3) is 0 Å². The van der Waals surface area contributed by atoms with E-state index in [4.69, 9.17) is 4.74 Å². The summed E-state index contributed by atoms with van der Waals surface area (Å²) in [6, 6.07) is 2.11. The van der Waals surface area contributed by atoms with Crippen LogP contribution in [0.25, 0.3) is 0 Å². The lowest BCUT2D eigenvalue weighted by molar-refractivity contribution is -0.112. The molecule has 1 atom stereocenters. The van der Waals surface area contributed by atoms with E-state index in [1.165, 1.54) is 10.4 Å². The molecule has 3 heteroatoms. The van der Waals surface area contributed by atoms with Crippen molar-refractivity contribution < 1.29 is 9.53 Å². The number of hydrogen-bond acceptors (Lipinski definition) is 3. The Morgan fingerprint density at radius 2 is 2.46 bits per heavy atom. The lowest BCUT2D eigenvalue weighted by atomic mass is 9.98. The van der Waals surface area contributed by atoms with Crippen molar-refractivity contribution in [1.82, 2.24) is 0 Å². The number of aldehydes is 1. The second-order valence-electron chi connectivity index (χ2n) is 3.75. The molecular formula is C10H10O2S. The summed E-state index contributed by atoms with van der Waals surface area (Å²) in [7, 11) is 0. The second kappa shape index (κ2) is 2.42. The summed E-state index contributed by atoms with van der Waals surface area (Å²) in [6.07, 6.45) is 3.26. The predicted molar refractivity (Wildman–Crippen MR) is 50.0 cm³/mol. The standard InChI is InChI=1S/C10H10O2S/c11-5-7-6-12-10(2-3-10)8-1-4-13-9(7)8/h1,4-5,7H,2-3,6H2. The number of carbonyl (C=O) groups excluding carboxylic acids is 1. The number of thiophene rings is 1. The summed E-state index contributed by atoms with van der Waals surface area (Å²) in [6.45, 7) is 0.580. The maximum atomic E-state index is 10.8. The Kier molecular flexibility index (Phi) is 1.44. The third kappa shape index (κ3) is 0.944. The summed E-state index contributed by atoms with van der Waals surface area (Å²) in [5.74, 6) is -0.0128. The molecule has 1 saturated carbocycles. The van der Waals surface area contributed by atoms with Crippen LogP contribution in [-0.4, -0.2) is 12.9 Å². The molecule has 0 radical (unpaired) electrons. The highest BCUT2D eigenvalue weighted by atomic mass is 32.1. The van der Waals surface area contributed by atoms with Crippen LogP contribution in [0.1, 0.15) is 29.2 Å². The molecule has 1 unspecified atom stereocenters. The molecule has 1 aromatic rings. The van der Waals surface area contributed by atoms with E-state index in [2.05, 4.69) is 11.4 Å². The number of hydrogen-bond donors (Lipinski definition) is 0. The zero-order chi connectivity index (χ0) is 8.89. The molecule has 68 valence electrons. The lowest BCUT2D eigenvalue weighted by Gasteiger charge is -2.26. The number of carbonyl (C=O) groups is 1. The molecule has 0 N–H and O–H groups in total. The van der Waals surface area contributed by atoms with Crippen LogP contribution in [0.5, 0.6) is 0 Å². The van der Waals surface area contributed by atoms with Gasteiger partial charge in [-0.2, -0.15) is 0 Å². The quantitative estimate of drug-likeness (QED) is 0.639. The van der Waals surface area contributed by atoms with Gasteiger partial charge < -0.3 is 9.53 Å². The van der Waals surface area contributed by atoms with Gasteiger partial charge in [-0.15, -0.1) is 11.3 Å². The minimum atomic E-state index is -0.0128. The minimum Gasteiger partial charge on any atom is -0.369 e. The van der Waals surface area contributed by atoms with Gasteiger partial charge in [0.1, 0.15) is 6.29 Å². The first-order chi connectivity index (χ1) is 6.36. The number of rotatable bonds is 1. The largest absolute Gasteiger partial charge is 0.369 e. The molecule has 1 fully saturated rings. The molecule has 0 amide bonds. The Bertz CT molecular complexity index is 352. The van der Waals surface area contributed by atoms with Gasteiger partial charge in [-0.05, 0) is 29.9 Å². The normalized spacial score (nSPS) is 28.5. The van der Waals surface area contributed by atoms with Gasteiger partial charge in [0.05, 0.1) is 18.1 Å². The molecule has 1 aliphatic heterocycles. The Morgan fingerprint density at radius 1 is 1.62 bits per heavy atom. The highest BCUT2D eigenvalue weighted by molar-refractivity contribution is 7.10. The van der Waals surface area contributed by atoms with Crippen molar-refractivity contribution in [2.45, 2.75) is 24.4 Å². The zero-order valence-electron chi connectivity index (χ0n) is 7.16. The summed E-state index contributed by atoms with van der Waals surface area (Å²) in [5, 5.41) is 2.07. The van der Waals surface area contributed by atoms with E-state index < -0.39 is 0 Å². The van der Waals surface area contributed by atoms with Crippen molar-refractivity contribution >= 4 is 17.6 Å². The fraction of sp³-hybridized carbons (Fsp3) is 0.500. The smallest absolute Gasteiger partial charge is 0.130 e. The molecule has 2 nitrogen and oxygen atoms in total. The molecule has 2 aliphatic rings. The van der Waals surface area contributed by atoms with Crippen molar-refractivity contribution in [2.24, 2.45) is 0 Å². The Balaban J connectivity index is 2.11. The Morgan fingerprint density at radius 3 is 3.15 bits per heavy atom. The van der Waals surface area contributed by atoms with E-state index in [-0.39, 0.29) is 11.5 Å². The predicted octanol–water partition coefficient (Wildman–Crippen LogP) is 2.05. The first-order valence-electron chi connectivity index (χ1n) is 4.53. The Labute approximate surface area is 80.5 Å². The van der Waals surface area contributed by atoms with Crippen molar-refractivity contribution in [2.75, 3.05) is 6.61 Å². The van der Waals surface area contributed by atoms with Gasteiger partial charge in [0, 0.05) is 4.88 Å². The number of ether oxygens (including phenoxy) is 1. The van der Waals surface area contributed by atoms with Crippen LogP contribution in [0.2, 0.25) is 0 Å². The average Bonchev–Trinajstić information content (AvgIpc) is 2.76. The van der Waals surface area contributed by atoms with Gasteiger partial charge in [-0.1, -0.05) is 0 Å². The topological polar surface area (TPSA) is 26.3 Å². The second-order valence-corrected chi connectivity index (χ2v) is 4.69. The minimum absolute atomic E-state index is 0.0128. The lowest BCUT2D eigenvalue weighted by Crippen LogP contribution is -2.25. The van der Waals surface area contributed by atoms with Gasteiger partial charge in [0.2, 0.25) is 0 Å². The van der Waals surface area contributed by atoms with Crippen LogP contribution in [-0.2, 0) is 15.1 Å². The fourth-order valence-electron chi connectivity index (χ4n) is 2.02. The van der Waals surface area contributed by atoms with E-state index >= 15 is 0 Å². The molecule has 1 spiro atoms. The van der Waals surface area contributed by atoms with Gasteiger partial charge in [-0.3, -0.25) is 0 Å². The highest BCUT2D eigenvalue weighted by Crippen LogP contribution is 2.55. The van der Waals surface area contributed by atoms with Gasteiger partial charge in [0.15, 0.2) is 0 Å². The number of fused-ring (bicyclic) bond motifs is 2. The first kappa shape index (κ1) is 7.71. The van der Waals surface area contributed by atoms with E-state index in [1.54, 1.807) is 11.3 Å². The SMILES string of the molecule is O=CC1COC2(CC2)c2ccsc21. The van der Waals surface area contributed by atoms with Crippen LogP contribution < -0.4 is 0 Å². The molecule has 1 aromatic heterocycles. The summed E-state index contributed by atoms with van der Waals surface area (Å²) >= 11 is 1.69.